The molecule has 226 valence electrons. The van der Waals surface area contributed by atoms with Crippen LogP contribution in [0.25, 0.3) is 0 Å². The smallest absolute Gasteiger partial charge is 0.338 e. The molecule has 0 bridgehead atoms. The van der Waals surface area contributed by atoms with Crippen molar-refractivity contribution in [2.24, 2.45) is 5.92 Å². The molecule has 0 saturated heterocycles. The summed E-state index contributed by atoms with van der Waals surface area (Å²) in [5.74, 6) is -1.36. The zero-order valence-corrected chi connectivity index (χ0v) is 24.3. The number of ether oxygens (including phenoxy) is 4. The number of esters is 3. The highest BCUT2D eigenvalue weighted by Crippen LogP contribution is 2.10. The van der Waals surface area contributed by atoms with Crippen LogP contribution in [0.3, 0.4) is 0 Å². The fourth-order valence-electron chi connectivity index (χ4n) is 3.46. The molecule has 0 atom stereocenters. The molecule has 0 aliphatic heterocycles. The van der Waals surface area contributed by atoms with Crippen LogP contribution in [-0.4, -0.2) is 62.0 Å². The summed E-state index contributed by atoms with van der Waals surface area (Å²) in [5.41, 5.74) is 1.01. The third kappa shape index (κ3) is 19.9. The van der Waals surface area contributed by atoms with Gasteiger partial charge in [-0.05, 0) is 36.6 Å². The molecular formula is C32H44O9. The molecule has 2 rings (SSSR count). The maximum atomic E-state index is 11.6. The molecule has 9 heteroatoms. The van der Waals surface area contributed by atoms with Crippen molar-refractivity contribution in [3.05, 3.63) is 71.8 Å². The Morgan fingerprint density at radius 2 is 1.10 bits per heavy atom. The molecule has 41 heavy (non-hydrogen) atoms. The summed E-state index contributed by atoms with van der Waals surface area (Å²) in [6.45, 7) is 5.69. The second-order valence-electron chi connectivity index (χ2n) is 9.68. The number of benzene rings is 2. The summed E-state index contributed by atoms with van der Waals surface area (Å²) in [6.07, 6.45) is 6.76. The van der Waals surface area contributed by atoms with Gasteiger partial charge in [-0.15, -0.1) is 0 Å². The van der Waals surface area contributed by atoms with Crippen LogP contribution in [0.5, 0.6) is 0 Å². The standard InChI is InChI=1S/C18H18O5.C14H26O4/c19-17(15-7-3-1-4-8-15)22-13-11-21-12-14-23-18(20)16-9-5-2-6-10-16;1-12(2)8-6-4-3-5-7-11-18-14(17)10-9-13(15)16/h1-10H,11-14H2;12H,3-11H2,1-2H3,(H,15,16). The highest BCUT2D eigenvalue weighted by Gasteiger charge is 2.07. The molecule has 9 nitrogen and oxygen atoms in total. The lowest BCUT2D eigenvalue weighted by atomic mass is 10.0. The average molecular weight is 573 g/mol. The number of carbonyl (C=O) groups excluding carboxylic acids is 3. The van der Waals surface area contributed by atoms with E-state index in [0.717, 1.165) is 18.8 Å². The van der Waals surface area contributed by atoms with Crippen molar-refractivity contribution in [1.29, 1.82) is 0 Å². The summed E-state index contributed by atoms with van der Waals surface area (Å²) in [6, 6.07) is 17.5. The van der Waals surface area contributed by atoms with Crippen molar-refractivity contribution in [1.82, 2.24) is 0 Å². The third-order valence-corrected chi connectivity index (χ3v) is 5.67. The van der Waals surface area contributed by atoms with Gasteiger partial charge >= 0.3 is 23.9 Å². The molecule has 0 aliphatic carbocycles. The first-order valence-electron chi connectivity index (χ1n) is 14.2. The van der Waals surface area contributed by atoms with Crippen LogP contribution >= 0.6 is 0 Å². The topological polar surface area (TPSA) is 125 Å². The predicted octanol–water partition coefficient (Wildman–Crippen LogP) is 6.11. The first-order valence-corrected chi connectivity index (χ1v) is 14.2. The van der Waals surface area contributed by atoms with Gasteiger partial charge in [0.25, 0.3) is 0 Å². The Balaban J connectivity index is 0.000000425. The Bertz CT molecular complexity index is 935. The number of hydrogen-bond acceptors (Lipinski definition) is 8. The molecule has 0 fully saturated rings. The molecule has 2 aromatic rings. The van der Waals surface area contributed by atoms with Gasteiger partial charge in [0, 0.05) is 0 Å². The van der Waals surface area contributed by atoms with E-state index in [1.807, 2.05) is 12.1 Å². The summed E-state index contributed by atoms with van der Waals surface area (Å²) >= 11 is 0. The number of carbonyl (C=O) groups is 4. The Morgan fingerprint density at radius 3 is 1.59 bits per heavy atom. The highest BCUT2D eigenvalue weighted by atomic mass is 16.6. The van der Waals surface area contributed by atoms with Gasteiger partial charge < -0.3 is 24.1 Å². The molecular weight excluding hydrogens is 528 g/mol. The Morgan fingerprint density at radius 1 is 0.610 bits per heavy atom. The molecule has 0 spiro atoms. The molecule has 1 N–H and O–H groups in total. The molecule has 0 unspecified atom stereocenters. The second kappa shape index (κ2) is 23.0. The van der Waals surface area contributed by atoms with Gasteiger partial charge in [-0.2, -0.15) is 0 Å². The Labute approximate surface area is 243 Å². The SMILES string of the molecule is CC(C)CCCCCCCOC(=O)CCC(=O)O.O=C(OCCOCCOC(=O)c1ccccc1)c1ccccc1. The van der Waals surface area contributed by atoms with Gasteiger partial charge in [0.05, 0.1) is 43.8 Å². The van der Waals surface area contributed by atoms with Crippen LogP contribution in [0.15, 0.2) is 60.7 Å². The number of unbranched alkanes of at least 4 members (excludes halogenated alkanes) is 4. The van der Waals surface area contributed by atoms with Crippen molar-refractivity contribution < 1.29 is 43.2 Å². The van der Waals surface area contributed by atoms with E-state index < -0.39 is 11.9 Å². The van der Waals surface area contributed by atoms with E-state index in [4.69, 9.17) is 24.1 Å². The Hall–Kier alpha value is -3.72. The fourth-order valence-corrected chi connectivity index (χ4v) is 3.46. The third-order valence-electron chi connectivity index (χ3n) is 5.67. The number of hydrogen-bond donors (Lipinski definition) is 1. The van der Waals surface area contributed by atoms with Crippen molar-refractivity contribution >= 4 is 23.9 Å². The largest absolute Gasteiger partial charge is 0.481 e. The average Bonchev–Trinajstić information content (AvgIpc) is 2.97. The van der Waals surface area contributed by atoms with E-state index in [-0.39, 0.29) is 51.2 Å². The molecule has 0 heterocycles. The van der Waals surface area contributed by atoms with Gasteiger partial charge in [0.1, 0.15) is 13.2 Å². The summed E-state index contributed by atoms with van der Waals surface area (Å²) in [5, 5.41) is 8.39. The summed E-state index contributed by atoms with van der Waals surface area (Å²) in [7, 11) is 0. The van der Waals surface area contributed by atoms with E-state index in [1.54, 1.807) is 48.5 Å². The lowest BCUT2D eigenvalue weighted by molar-refractivity contribution is -0.147. The van der Waals surface area contributed by atoms with Gasteiger partial charge in [-0.3, -0.25) is 9.59 Å². The van der Waals surface area contributed by atoms with Gasteiger partial charge in [-0.25, -0.2) is 9.59 Å². The summed E-state index contributed by atoms with van der Waals surface area (Å²) < 4.78 is 20.3. The first-order chi connectivity index (χ1) is 19.8. The van der Waals surface area contributed by atoms with E-state index >= 15 is 0 Å². The van der Waals surface area contributed by atoms with Crippen molar-refractivity contribution in [2.45, 2.75) is 65.2 Å². The van der Waals surface area contributed by atoms with E-state index in [1.165, 1.54) is 25.7 Å². The lowest BCUT2D eigenvalue weighted by Crippen LogP contribution is -2.14. The van der Waals surface area contributed by atoms with Crippen molar-refractivity contribution in [3.63, 3.8) is 0 Å². The number of carboxylic acids is 1. The molecule has 2 aromatic carbocycles. The Kier molecular flexibility index (Phi) is 19.8. The quantitative estimate of drug-likeness (QED) is 0.121. The second-order valence-corrected chi connectivity index (χ2v) is 9.68. The van der Waals surface area contributed by atoms with Crippen LogP contribution in [0.1, 0.15) is 85.9 Å². The fraction of sp³-hybridized carbons (Fsp3) is 0.500. The molecule has 0 amide bonds. The minimum absolute atomic E-state index is 0.0241. The minimum atomic E-state index is -0.961. The van der Waals surface area contributed by atoms with E-state index in [9.17, 15) is 19.2 Å². The van der Waals surface area contributed by atoms with Crippen molar-refractivity contribution in [2.75, 3.05) is 33.0 Å². The predicted molar refractivity (Wildman–Crippen MR) is 155 cm³/mol. The zero-order valence-electron chi connectivity index (χ0n) is 24.3. The zero-order chi connectivity index (χ0) is 30.1. The maximum absolute atomic E-state index is 11.6. The maximum Gasteiger partial charge on any atom is 0.338 e. The first kappa shape index (κ1) is 35.3. The molecule has 0 saturated carbocycles. The van der Waals surface area contributed by atoms with Crippen molar-refractivity contribution in [3.8, 4) is 0 Å². The normalized spacial score (nSPS) is 10.3. The van der Waals surface area contributed by atoms with Gasteiger partial charge in [-0.1, -0.05) is 82.3 Å². The van der Waals surface area contributed by atoms with Crippen LogP contribution in [-0.2, 0) is 28.5 Å². The molecule has 0 aromatic heterocycles. The van der Waals surface area contributed by atoms with Gasteiger partial charge in [0.15, 0.2) is 0 Å². The lowest BCUT2D eigenvalue weighted by Gasteiger charge is -2.07. The van der Waals surface area contributed by atoms with E-state index in [0.29, 0.717) is 17.7 Å². The van der Waals surface area contributed by atoms with Crippen LogP contribution < -0.4 is 0 Å². The van der Waals surface area contributed by atoms with E-state index in [2.05, 4.69) is 13.8 Å². The summed E-state index contributed by atoms with van der Waals surface area (Å²) in [4.78, 5) is 44.6. The number of carboxylic acid groups (broad SMARTS) is 1. The minimum Gasteiger partial charge on any atom is -0.481 e. The van der Waals surface area contributed by atoms with Crippen LogP contribution in [0.4, 0.5) is 0 Å². The highest BCUT2D eigenvalue weighted by molar-refractivity contribution is 5.89. The van der Waals surface area contributed by atoms with Crippen LogP contribution in [0, 0.1) is 5.92 Å². The monoisotopic (exact) mass is 572 g/mol. The number of aliphatic carboxylic acids is 1. The van der Waals surface area contributed by atoms with Crippen LogP contribution in [0.2, 0.25) is 0 Å². The molecule has 0 aliphatic rings. The molecule has 0 radical (unpaired) electrons. The number of rotatable bonds is 19. The van der Waals surface area contributed by atoms with Gasteiger partial charge in [0.2, 0.25) is 0 Å².